The molecule has 1 nitrogen and oxygen atoms in total. The van der Waals surface area contributed by atoms with Gasteiger partial charge in [-0.05, 0) is 29.9 Å². The quantitative estimate of drug-likeness (QED) is 0.875. The third-order valence-corrected chi connectivity index (χ3v) is 5.49. The van der Waals surface area contributed by atoms with Crippen molar-refractivity contribution in [1.29, 1.82) is 0 Å². The maximum absolute atomic E-state index is 10.0. The Hall–Kier alpha value is -0.120. The molecule has 1 aromatic carbocycles. The molecule has 1 aliphatic rings. The predicted octanol–water partition coefficient (Wildman–Crippen LogP) is 3.31. The zero-order valence-electron chi connectivity index (χ0n) is 8.63. The minimum absolute atomic E-state index is 0.297. The van der Waals surface area contributed by atoms with E-state index in [0.717, 1.165) is 12.0 Å². The minimum Gasteiger partial charge on any atom is -0.388 e. The summed E-state index contributed by atoms with van der Waals surface area (Å²) >= 11 is 3.98. The van der Waals surface area contributed by atoms with Crippen LogP contribution in [0.5, 0.6) is 0 Å². The molecule has 1 atom stereocenters. The number of aliphatic hydroxyl groups excluding tert-OH is 1. The van der Waals surface area contributed by atoms with E-state index in [-0.39, 0.29) is 6.10 Å². The Bertz CT molecular complexity index is 283. The summed E-state index contributed by atoms with van der Waals surface area (Å²) in [6.07, 6.45) is 1.89. The molecule has 0 amide bonds. The first-order valence-corrected chi connectivity index (χ1v) is 7.42. The number of hydrogen-bond acceptors (Lipinski definition) is 3. The van der Waals surface area contributed by atoms with Gasteiger partial charge in [0.15, 0.2) is 0 Å². The van der Waals surface area contributed by atoms with Crippen LogP contribution in [0, 0.1) is 0 Å². The number of thioether (sulfide) groups is 2. The Labute approximate surface area is 99.7 Å². The monoisotopic (exact) mass is 240 g/mol. The first kappa shape index (κ1) is 11.4. The Kier molecular flexibility index (Phi) is 4.42. The molecule has 1 aromatic rings. The summed E-state index contributed by atoms with van der Waals surface area (Å²) < 4.78 is 0.578. The van der Waals surface area contributed by atoms with Gasteiger partial charge >= 0.3 is 0 Å². The highest BCUT2D eigenvalue weighted by Gasteiger charge is 2.19. The fourth-order valence-corrected chi connectivity index (χ4v) is 4.60. The molecule has 15 heavy (non-hydrogen) atoms. The standard InChI is InChI=1S/C12H16OS2/c13-11(10-5-2-1-3-6-10)9-12-14-7-4-8-15-12/h1-3,5-6,11-13H,4,7-9H2. The molecule has 0 aliphatic carbocycles. The van der Waals surface area contributed by atoms with Gasteiger partial charge in [0.05, 0.1) is 10.7 Å². The highest BCUT2D eigenvalue weighted by atomic mass is 32.2. The lowest BCUT2D eigenvalue weighted by atomic mass is 10.1. The summed E-state index contributed by atoms with van der Waals surface area (Å²) in [4.78, 5) is 0. The average Bonchev–Trinajstić information content (AvgIpc) is 2.31. The fourth-order valence-electron chi connectivity index (χ4n) is 1.67. The SMILES string of the molecule is OC(CC1SCCCS1)c1ccccc1. The van der Waals surface area contributed by atoms with Crippen molar-refractivity contribution in [3.8, 4) is 0 Å². The van der Waals surface area contributed by atoms with Crippen LogP contribution in [0.1, 0.15) is 24.5 Å². The van der Waals surface area contributed by atoms with Crippen molar-refractivity contribution in [3.05, 3.63) is 35.9 Å². The minimum atomic E-state index is -0.297. The third kappa shape index (κ3) is 3.44. The maximum Gasteiger partial charge on any atom is 0.0808 e. The van der Waals surface area contributed by atoms with Crippen molar-refractivity contribution in [2.45, 2.75) is 23.5 Å². The van der Waals surface area contributed by atoms with Gasteiger partial charge in [0.2, 0.25) is 0 Å². The summed E-state index contributed by atoms with van der Waals surface area (Å²) in [7, 11) is 0. The van der Waals surface area contributed by atoms with Crippen LogP contribution in [0.4, 0.5) is 0 Å². The van der Waals surface area contributed by atoms with E-state index in [1.54, 1.807) is 0 Å². The van der Waals surface area contributed by atoms with Crippen molar-refractivity contribution in [1.82, 2.24) is 0 Å². The van der Waals surface area contributed by atoms with E-state index in [0.29, 0.717) is 4.58 Å². The molecule has 0 spiro atoms. The van der Waals surface area contributed by atoms with Crippen LogP contribution in [0.2, 0.25) is 0 Å². The number of hydrogen-bond donors (Lipinski definition) is 1. The summed E-state index contributed by atoms with van der Waals surface area (Å²) in [6.45, 7) is 0. The van der Waals surface area contributed by atoms with Gasteiger partial charge in [-0.3, -0.25) is 0 Å². The molecule has 82 valence electrons. The zero-order valence-corrected chi connectivity index (χ0v) is 10.3. The van der Waals surface area contributed by atoms with Gasteiger partial charge in [0, 0.05) is 0 Å². The Morgan fingerprint density at radius 3 is 2.53 bits per heavy atom. The average molecular weight is 240 g/mol. The summed E-state index contributed by atoms with van der Waals surface area (Å²) in [6, 6.07) is 9.96. The van der Waals surface area contributed by atoms with Crippen molar-refractivity contribution >= 4 is 23.5 Å². The normalized spacial score (nSPS) is 20.1. The van der Waals surface area contributed by atoms with Gasteiger partial charge < -0.3 is 5.11 Å². The third-order valence-electron chi connectivity index (χ3n) is 2.50. The Balaban J connectivity index is 1.88. The van der Waals surface area contributed by atoms with Crippen LogP contribution in [0.15, 0.2) is 30.3 Å². The molecule has 0 saturated carbocycles. The number of aliphatic hydroxyl groups is 1. The molecular weight excluding hydrogens is 224 g/mol. The number of benzene rings is 1. The molecule has 0 aromatic heterocycles. The highest BCUT2D eigenvalue weighted by Crippen LogP contribution is 2.36. The van der Waals surface area contributed by atoms with E-state index < -0.39 is 0 Å². The first-order valence-electron chi connectivity index (χ1n) is 5.32. The first-order chi connectivity index (χ1) is 7.36. The van der Waals surface area contributed by atoms with Gasteiger partial charge in [-0.2, -0.15) is 0 Å². The lowest BCUT2D eigenvalue weighted by Crippen LogP contribution is -2.11. The van der Waals surface area contributed by atoms with E-state index in [2.05, 4.69) is 0 Å². The van der Waals surface area contributed by atoms with Crippen molar-refractivity contribution in [3.63, 3.8) is 0 Å². The lowest BCUT2D eigenvalue weighted by Gasteiger charge is -2.23. The second-order valence-electron chi connectivity index (χ2n) is 3.69. The predicted molar refractivity (Wildman–Crippen MR) is 69.3 cm³/mol. The molecule has 1 fully saturated rings. The van der Waals surface area contributed by atoms with Crippen molar-refractivity contribution in [2.75, 3.05) is 11.5 Å². The summed E-state index contributed by atoms with van der Waals surface area (Å²) in [5, 5.41) is 10.0. The van der Waals surface area contributed by atoms with Crippen LogP contribution in [-0.4, -0.2) is 21.2 Å². The van der Waals surface area contributed by atoms with Gasteiger partial charge in [-0.25, -0.2) is 0 Å². The van der Waals surface area contributed by atoms with Crippen LogP contribution >= 0.6 is 23.5 Å². The molecule has 1 heterocycles. The molecular formula is C12H16OS2. The van der Waals surface area contributed by atoms with E-state index in [9.17, 15) is 5.11 Å². The number of rotatable bonds is 3. The smallest absolute Gasteiger partial charge is 0.0808 e. The van der Waals surface area contributed by atoms with E-state index in [1.807, 2.05) is 53.9 Å². The lowest BCUT2D eigenvalue weighted by molar-refractivity contribution is 0.173. The second kappa shape index (κ2) is 5.83. The molecule has 1 aliphatic heterocycles. The molecule has 0 radical (unpaired) electrons. The molecule has 1 saturated heterocycles. The van der Waals surface area contributed by atoms with Crippen LogP contribution in [0.3, 0.4) is 0 Å². The Morgan fingerprint density at radius 1 is 1.20 bits per heavy atom. The molecule has 1 unspecified atom stereocenters. The van der Waals surface area contributed by atoms with E-state index in [4.69, 9.17) is 0 Å². The molecule has 0 bridgehead atoms. The molecule has 2 rings (SSSR count). The van der Waals surface area contributed by atoms with E-state index in [1.165, 1.54) is 17.9 Å². The summed E-state index contributed by atoms with van der Waals surface area (Å²) in [5.74, 6) is 2.50. The van der Waals surface area contributed by atoms with Crippen LogP contribution < -0.4 is 0 Å². The topological polar surface area (TPSA) is 20.2 Å². The Morgan fingerprint density at radius 2 is 1.87 bits per heavy atom. The van der Waals surface area contributed by atoms with Crippen molar-refractivity contribution in [2.24, 2.45) is 0 Å². The van der Waals surface area contributed by atoms with Gasteiger partial charge in [0.1, 0.15) is 0 Å². The van der Waals surface area contributed by atoms with Crippen molar-refractivity contribution < 1.29 is 5.11 Å². The fraction of sp³-hybridized carbons (Fsp3) is 0.500. The highest BCUT2D eigenvalue weighted by molar-refractivity contribution is 8.17. The van der Waals surface area contributed by atoms with Gasteiger partial charge in [-0.15, -0.1) is 23.5 Å². The van der Waals surface area contributed by atoms with E-state index >= 15 is 0 Å². The summed E-state index contributed by atoms with van der Waals surface area (Å²) in [5.41, 5.74) is 1.05. The van der Waals surface area contributed by atoms with Crippen LogP contribution in [0.25, 0.3) is 0 Å². The van der Waals surface area contributed by atoms with Gasteiger partial charge in [0.25, 0.3) is 0 Å². The second-order valence-corrected chi connectivity index (χ2v) is 6.61. The van der Waals surface area contributed by atoms with Crippen LogP contribution in [-0.2, 0) is 0 Å². The van der Waals surface area contributed by atoms with Gasteiger partial charge in [-0.1, -0.05) is 30.3 Å². The molecule has 3 heteroatoms. The largest absolute Gasteiger partial charge is 0.388 e. The zero-order chi connectivity index (χ0) is 10.5. The molecule has 1 N–H and O–H groups in total. The maximum atomic E-state index is 10.0.